The average molecular weight is 242 g/mol. The lowest BCUT2D eigenvalue weighted by molar-refractivity contribution is -0.126. The van der Waals surface area contributed by atoms with Gasteiger partial charge in [0.25, 0.3) is 0 Å². The van der Waals surface area contributed by atoms with Crippen LogP contribution in [0.4, 0.5) is 0 Å². The first-order chi connectivity index (χ1) is 7.84. The molecule has 0 aliphatic carbocycles. The van der Waals surface area contributed by atoms with Gasteiger partial charge < -0.3 is 11.1 Å². The van der Waals surface area contributed by atoms with Crippen LogP contribution in [0.25, 0.3) is 0 Å². The summed E-state index contributed by atoms with van der Waals surface area (Å²) in [6.45, 7) is 10.4. The fraction of sp³-hybridized carbons (Fsp3) is 0.929. The number of rotatable bonds is 8. The normalized spacial score (nSPS) is 15.4. The van der Waals surface area contributed by atoms with E-state index in [1.54, 1.807) is 0 Å². The molecular formula is C14H30N2O. The molecule has 0 saturated heterocycles. The molecule has 1 amide bonds. The Hall–Kier alpha value is -0.570. The molecule has 0 radical (unpaired) electrons. The quantitative estimate of drug-likeness (QED) is 0.687. The molecule has 0 aromatic heterocycles. The summed E-state index contributed by atoms with van der Waals surface area (Å²) in [7, 11) is 0. The minimum absolute atomic E-state index is 0.0491. The van der Waals surface area contributed by atoms with Gasteiger partial charge in [-0.3, -0.25) is 4.79 Å². The molecule has 0 aromatic rings. The van der Waals surface area contributed by atoms with Crippen LogP contribution in [-0.4, -0.2) is 17.5 Å². The Bertz CT molecular complexity index is 222. The number of amides is 1. The molecule has 2 unspecified atom stereocenters. The van der Waals surface area contributed by atoms with E-state index in [1.807, 2.05) is 13.8 Å². The van der Waals surface area contributed by atoms with E-state index in [1.165, 1.54) is 0 Å². The van der Waals surface area contributed by atoms with E-state index in [0.29, 0.717) is 0 Å². The zero-order valence-corrected chi connectivity index (χ0v) is 12.2. The highest BCUT2D eigenvalue weighted by atomic mass is 16.2. The van der Waals surface area contributed by atoms with Gasteiger partial charge in [0.15, 0.2) is 0 Å². The van der Waals surface area contributed by atoms with Crippen LogP contribution in [-0.2, 0) is 4.79 Å². The largest absolute Gasteiger partial charge is 0.351 e. The SMILES string of the molecule is CCC(C)(CC)NC(=O)C(C)CCCC(C)N. The van der Waals surface area contributed by atoms with Crippen molar-refractivity contribution in [1.29, 1.82) is 0 Å². The highest BCUT2D eigenvalue weighted by Gasteiger charge is 2.24. The van der Waals surface area contributed by atoms with Gasteiger partial charge in [0.1, 0.15) is 0 Å². The van der Waals surface area contributed by atoms with Crippen molar-refractivity contribution < 1.29 is 4.79 Å². The molecule has 0 heterocycles. The topological polar surface area (TPSA) is 55.1 Å². The summed E-state index contributed by atoms with van der Waals surface area (Å²) >= 11 is 0. The van der Waals surface area contributed by atoms with Crippen molar-refractivity contribution in [1.82, 2.24) is 5.32 Å². The maximum Gasteiger partial charge on any atom is 0.223 e. The number of hydrogen-bond acceptors (Lipinski definition) is 2. The van der Waals surface area contributed by atoms with Gasteiger partial charge in [0.2, 0.25) is 5.91 Å². The van der Waals surface area contributed by atoms with E-state index in [9.17, 15) is 4.79 Å². The lowest BCUT2D eigenvalue weighted by Gasteiger charge is -2.29. The Balaban J connectivity index is 4.05. The van der Waals surface area contributed by atoms with Crippen LogP contribution in [0.15, 0.2) is 0 Å². The predicted molar refractivity (Wildman–Crippen MR) is 73.8 cm³/mol. The Labute approximate surface area is 107 Å². The van der Waals surface area contributed by atoms with Crippen molar-refractivity contribution >= 4 is 5.91 Å². The first kappa shape index (κ1) is 16.4. The molecule has 2 atom stereocenters. The van der Waals surface area contributed by atoms with Crippen LogP contribution in [0.5, 0.6) is 0 Å². The molecular weight excluding hydrogens is 212 g/mol. The Kier molecular flexibility index (Phi) is 7.44. The Morgan fingerprint density at radius 2 is 1.76 bits per heavy atom. The monoisotopic (exact) mass is 242 g/mol. The molecule has 0 spiro atoms. The summed E-state index contributed by atoms with van der Waals surface area (Å²) in [6, 6.07) is 0.238. The van der Waals surface area contributed by atoms with Crippen LogP contribution in [0.3, 0.4) is 0 Å². The molecule has 0 rings (SSSR count). The highest BCUT2D eigenvalue weighted by molar-refractivity contribution is 5.79. The van der Waals surface area contributed by atoms with Crippen LogP contribution in [0.2, 0.25) is 0 Å². The highest BCUT2D eigenvalue weighted by Crippen LogP contribution is 2.16. The van der Waals surface area contributed by atoms with Crippen LogP contribution < -0.4 is 11.1 Å². The Morgan fingerprint density at radius 1 is 1.24 bits per heavy atom. The van der Waals surface area contributed by atoms with Gasteiger partial charge in [0.05, 0.1) is 0 Å². The van der Waals surface area contributed by atoms with E-state index >= 15 is 0 Å². The summed E-state index contributed by atoms with van der Waals surface area (Å²) in [5.41, 5.74) is 5.65. The molecule has 3 nitrogen and oxygen atoms in total. The summed E-state index contributed by atoms with van der Waals surface area (Å²) in [5, 5.41) is 3.16. The van der Waals surface area contributed by atoms with E-state index < -0.39 is 0 Å². The van der Waals surface area contributed by atoms with E-state index in [0.717, 1.165) is 32.1 Å². The molecule has 0 saturated carbocycles. The molecule has 3 heteroatoms. The summed E-state index contributed by atoms with van der Waals surface area (Å²) in [6.07, 6.45) is 4.90. The lowest BCUT2D eigenvalue weighted by atomic mass is 9.93. The fourth-order valence-corrected chi connectivity index (χ4v) is 1.72. The van der Waals surface area contributed by atoms with Crippen LogP contribution in [0.1, 0.15) is 66.7 Å². The number of carbonyl (C=O) groups excluding carboxylic acids is 1. The molecule has 0 aromatic carbocycles. The summed E-state index contributed by atoms with van der Waals surface area (Å²) in [5.74, 6) is 0.270. The van der Waals surface area contributed by atoms with Gasteiger partial charge in [-0.25, -0.2) is 0 Å². The van der Waals surface area contributed by atoms with Gasteiger partial charge in [-0.15, -0.1) is 0 Å². The van der Waals surface area contributed by atoms with Crippen LogP contribution >= 0.6 is 0 Å². The summed E-state index contributed by atoms with van der Waals surface area (Å²) < 4.78 is 0. The molecule has 0 bridgehead atoms. The number of nitrogens with two attached hydrogens (primary N) is 1. The molecule has 3 N–H and O–H groups in total. The molecule has 0 aliphatic rings. The molecule has 102 valence electrons. The van der Waals surface area contributed by atoms with Crippen molar-refractivity contribution in [2.75, 3.05) is 0 Å². The van der Waals surface area contributed by atoms with Gasteiger partial charge >= 0.3 is 0 Å². The molecule has 17 heavy (non-hydrogen) atoms. The van der Waals surface area contributed by atoms with Gasteiger partial charge in [-0.05, 0) is 39.5 Å². The third-order valence-electron chi connectivity index (χ3n) is 3.73. The second-order valence-corrected chi connectivity index (χ2v) is 5.57. The van der Waals surface area contributed by atoms with Crippen molar-refractivity contribution in [3.8, 4) is 0 Å². The summed E-state index contributed by atoms with van der Waals surface area (Å²) in [4.78, 5) is 12.0. The average Bonchev–Trinajstić information content (AvgIpc) is 2.28. The molecule has 0 fully saturated rings. The minimum Gasteiger partial charge on any atom is -0.351 e. The van der Waals surface area contributed by atoms with Crippen molar-refractivity contribution in [2.24, 2.45) is 11.7 Å². The third-order valence-corrected chi connectivity index (χ3v) is 3.73. The van der Waals surface area contributed by atoms with E-state index in [2.05, 4.69) is 26.1 Å². The predicted octanol–water partition coefficient (Wildman–Crippen LogP) is 2.83. The van der Waals surface area contributed by atoms with Gasteiger partial charge in [-0.2, -0.15) is 0 Å². The maximum atomic E-state index is 12.0. The van der Waals surface area contributed by atoms with Crippen molar-refractivity contribution in [3.05, 3.63) is 0 Å². The van der Waals surface area contributed by atoms with Crippen molar-refractivity contribution in [2.45, 2.75) is 78.3 Å². The zero-order chi connectivity index (χ0) is 13.5. The van der Waals surface area contributed by atoms with Gasteiger partial charge in [0, 0.05) is 17.5 Å². The van der Waals surface area contributed by atoms with Gasteiger partial charge in [-0.1, -0.05) is 27.2 Å². The first-order valence-corrected chi connectivity index (χ1v) is 6.92. The van der Waals surface area contributed by atoms with Crippen molar-refractivity contribution in [3.63, 3.8) is 0 Å². The van der Waals surface area contributed by atoms with E-state index in [-0.39, 0.29) is 23.4 Å². The third kappa shape index (κ3) is 6.67. The number of carbonyl (C=O) groups is 1. The number of nitrogens with one attached hydrogen (secondary N) is 1. The second-order valence-electron chi connectivity index (χ2n) is 5.57. The maximum absolute atomic E-state index is 12.0. The second kappa shape index (κ2) is 7.70. The minimum atomic E-state index is -0.0491. The standard InChI is InChI=1S/C14H30N2O/c1-6-14(5,7-2)16-13(17)11(3)9-8-10-12(4)15/h11-12H,6-10,15H2,1-5H3,(H,16,17). The Morgan fingerprint density at radius 3 is 2.18 bits per heavy atom. The first-order valence-electron chi connectivity index (χ1n) is 6.92. The molecule has 0 aliphatic heterocycles. The smallest absolute Gasteiger partial charge is 0.223 e. The zero-order valence-electron chi connectivity index (χ0n) is 12.2. The lowest BCUT2D eigenvalue weighted by Crippen LogP contribution is -2.47. The van der Waals surface area contributed by atoms with Crippen LogP contribution in [0, 0.1) is 5.92 Å². The van der Waals surface area contributed by atoms with E-state index in [4.69, 9.17) is 5.73 Å². The fourth-order valence-electron chi connectivity index (χ4n) is 1.72. The number of hydrogen-bond donors (Lipinski definition) is 2.